The summed E-state index contributed by atoms with van der Waals surface area (Å²) in [5.41, 5.74) is 3.19. The van der Waals surface area contributed by atoms with Crippen molar-refractivity contribution in [2.75, 3.05) is 5.32 Å². The summed E-state index contributed by atoms with van der Waals surface area (Å²) in [5.74, 6) is -2.24. The molecule has 22 heavy (non-hydrogen) atoms. The molecule has 0 fully saturated rings. The van der Waals surface area contributed by atoms with E-state index in [0.717, 1.165) is 10.0 Å². The van der Waals surface area contributed by atoms with E-state index >= 15 is 0 Å². The summed E-state index contributed by atoms with van der Waals surface area (Å²) in [6.07, 6.45) is 1.41. The lowest BCUT2D eigenvalue weighted by atomic mass is 10.2. The maximum Gasteiger partial charge on any atom is 0.329 e. The number of nitrogens with one attached hydrogen (secondary N) is 2. The van der Waals surface area contributed by atoms with Gasteiger partial charge in [0, 0.05) is 10.2 Å². The first-order valence-electron chi connectivity index (χ1n) is 6.20. The molecule has 0 aliphatic carbocycles. The van der Waals surface area contributed by atoms with Gasteiger partial charge in [-0.3, -0.25) is 9.59 Å². The number of carbonyl (C=O) groups is 2. The number of hydrogen-bond donors (Lipinski definition) is 2. The molecule has 0 aromatic heterocycles. The van der Waals surface area contributed by atoms with E-state index in [2.05, 4.69) is 31.8 Å². The van der Waals surface area contributed by atoms with Crippen LogP contribution in [0.4, 0.5) is 10.1 Å². The van der Waals surface area contributed by atoms with Crippen LogP contribution >= 0.6 is 15.9 Å². The lowest BCUT2D eigenvalue weighted by Crippen LogP contribution is -2.32. The molecule has 2 aromatic rings. The van der Waals surface area contributed by atoms with Gasteiger partial charge < -0.3 is 5.32 Å². The van der Waals surface area contributed by atoms with E-state index in [1.165, 1.54) is 30.5 Å². The number of nitrogens with zero attached hydrogens (tertiary/aromatic N) is 1. The van der Waals surface area contributed by atoms with Crippen molar-refractivity contribution in [3.05, 3.63) is 64.4 Å². The molecule has 0 aliphatic rings. The molecule has 112 valence electrons. The predicted octanol–water partition coefficient (Wildman–Crippen LogP) is 2.68. The van der Waals surface area contributed by atoms with Crippen LogP contribution < -0.4 is 10.7 Å². The Hall–Kier alpha value is -2.54. The number of hydrazone groups is 1. The second-order valence-corrected chi connectivity index (χ2v) is 5.13. The third-order valence-electron chi connectivity index (χ3n) is 2.56. The zero-order chi connectivity index (χ0) is 15.9. The van der Waals surface area contributed by atoms with E-state index in [9.17, 15) is 14.0 Å². The summed E-state index contributed by atoms with van der Waals surface area (Å²) < 4.78 is 13.6. The normalized spacial score (nSPS) is 10.5. The maximum absolute atomic E-state index is 12.7. The summed E-state index contributed by atoms with van der Waals surface area (Å²) in [4.78, 5) is 23.1. The van der Waals surface area contributed by atoms with Gasteiger partial charge in [-0.2, -0.15) is 5.10 Å². The highest BCUT2D eigenvalue weighted by molar-refractivity contribution is 9.10. The minimum atomic E-state index is -0.919. The van der Waals surface area contributed by atoms with Crippen molar-refractivity contribution in [3.63, 3.8) is 0 Å². The number of anilines is 1. The van der Waals surface area contributed by atoms with Crippen molar-refractivity contribution in [1.82, 2.24) is 5.43 Å². The molecule has 0 spiro atoms. The third kappa shape index (κ3) is 4.78. The van der Waals surface area contributed by atoms with Crippen LogP contribution in [0.5, 0.6) is 0 Å². The summed E-state index contributed by atoms with van der Waals surface area (Å²) in [6, 6.07) is 12.3. The Morgan fingerprint density at radius 1 is 1.00 bits per heavy atom. The third-order valence-corrected chi connectivity index (χ3v) is 3.09. The molecule has 2 N–H and O–H groups in total. The van der Waals surface area contributed by atoms with Gasteiger partial charge in [0.05, 0.1) is 6.21 Å². The minimum Gasteiger partial charge on any atom is -0.318 e. The standard InChI is InChI=1S/C15H11BrFN3O2/c16-11-3-1-10(2-4-11)9-18-20-15(22)14(21)19-13-7-5-12(17)6-8-13/h1-9H,(H,19,21)(H,20,22). The second kappa shape index (κ2) is 7.46. The average molecular weight is 364 g/mol. The quantitative estimate of drug-likeness (QED) is 0.500. The molecular weight excluding hydrogens is 353 g/mol. The van der Waals surface area contributed by atoms with Crippen molar-refractivity contribution >= 4 is 39.6 Å². The predicted molar refractivity (Wildman–Crippen MR) is 84.9 cm³/mol. The van der Waals surface area contributed by atoms with Gasteiger partial charge in [-0.25, -0.2) is 9.82 Å². The van der Waals surface area contributed by atoms with Crippen LogP contribution in [0.15, 0.2) is 58.1 Å². The smallest absolute Gasteiger partial charge is 0.318 e. The number of rotatable bonds is 3. The minimum absolute atomic E-state index is 0.318. The highest BCUT2D eigenvalue weighted by Crippen LogP contribution is 2.09. The molecule has 7 heteroatoms. The fourth-order valence-electron chi connectivity index (χ4n) is 1.49. The Kier molecular flexibility index (Phi) is 5.37. The summed E-state index contributed by atoms with van der Waals surface area (Å²) in [6.45, 7) is 0. The fraction of sp³-hybridized carbons (Fsp3) is 0. The zero-order valence-corrected chi connectivity index (χ0v) is 12.8. The molecule has 0 saturated carbocycles. The molecule has 0 heterocycles. The van der Waals surface area contributed by atoms with Gasteiger partial charge in [-0.05, 0) is 42.0 Å². The van der Waals surface area contributed by atoms with Crippen molar-refractivity contribution in [2.24, 2.45) is 5.10 Å². The van der Waals surface area contributed by atoms with Crippen molar-refractivity contribution in [3.8, 4) is 0 Å². The van der Waals surface area contributed by atoms with E-state index in [4.69, 9.17) is 0 Å². The molecule has 0 bridgehead atoms. The molecule has 5 nitrogen and oxygen atoms in total. The second-order valence-electron chi connectivity index (χ2n) is 4.21. The zero-order valence-electron chi connectivity index (χ0n) is 11.2. The number of benzene rings is 2. The molecule has 0 unspecified atom stereocenters. The molecule has 0 saturated heterocycles. The fourth-order valence-corrected chi connectivity index (χ4v) is 1.75. The highest BCUT2D eigenvalue weighted by atomic mass is 79.9. The van der Waals surface area contributed by atoms with E-state index in [1.54, 1.807) is 12.1 Å². The monoisotopic (exact) mass is 363 g/mol. The van der Waals surface area contributed by atoms with Crippen LogP contribution in [0.1, 0.15) is 5.56 Å². The number of carbonyl (C=O) groups excluding carboxylic acids is 2. The first kappa shape index (κ1) is 15.8. The maximum atomic E-state index is 12.7. The summed E-state index contributed by atoms with van der Waals surface area (Å²) in [7, 11) is 0. The number of hydrogen-bond acceptors (Lipinski definition) is 3. The molecule has 0 atom stereocenters. The van der Waals surface area contributed by atoms with Crippen LogP contribution in [0.25, 0.3) is 0 Å². The van der Waals surface area contributed by atoms with Crippen LogP contribution in [0, 0.1) is 5.82 Å². The molecule has 0 aliphatic heterocycles. The lowest BCUT2D eigenvalue weighted by Gasteiger charge is -2.03. The topological polar surface area (TPSA) is 70.6 Å². The SMILES string of the molecule is O=C(NN=Cc1ccc(Br)cc1)C(=O)Nc1ccc(F)cc1. The Morgan fingerprint density at radius 3 is 2.27 bits per heavy atom. The van der Waals surface area contributed by atoms with Gasteiger partial charge in [0.1, 0.15) is 5.82 Å². The molecule has 2 aromatic carbocycles. The van der Waals surface area contributed by atoms with Crippen molar-refractivity contribution in [1.29, 1.82) is 0 Å². The van der Waals surface area contributed by atoms with Crippen LogP contribution in [-0.2, 0) is 9.59 Å². The molecular formula is C15H11BrFN3O2. The van der Waals surface area contributed by atoms with E-state index < -0.39 is 17.6 Å². The van der Waals surface area contributed by atoms with E-state index in [1.807, 2.05) is 12.1 Å². The lowest BCUT2D eigenvalue weighted by molar-refractivity contribution is -0.136. The summed E-state index contributed by atoms with van der Waals surface area (Å²) in [5, 5.41) is 6.01. The van der Waals surface area contributed by atoms with Crippen LogP contribution in [0.2, 0.25) is 0 Å². The van der Waals surface area contributed by atoms with Crippen molar-refractivity contribution < 1.29 is 14.0 Å². The summed E-state index contributed by atoms with van der Waals surface area (Å²) >= 11 is 3.30. The van der Waals surface area contributed by atoms with Crippen LogP contribution in [0.3, 0.4) is 0 Å². The Labute approximate surface area is 134 Å². The largest absolute Gasteiger partial charge is 0.329 e. The molecule has 2 amide bonds. The van der Waals surface area contributed by atoms with Gasteiger partial charge in [0.15, 0.2) is 0 Å². The first-order valence-corrected chi connectivity index (χ1v) is 6.99. The highest BCUT2D eigenvalue weighted by Gasteiger charge is 2.12. The molecule has 0 radical (unpaired) electrons. The van der Waals surface area contributed by atoms with Gasteiger partial charge in [0.25, 0.3) is 0 Å². The number of halogens is 2. The number of amides is 2. The molecule has 2 rings (SSSR count). The Balaban J connectivity index is 1.87. The Morgan fingerprint density at radius 2 is 1.64 bits per heavy atom. The van der Waals surface area contributed by atoms with Crippen molar-refractivity contribution in [2.45, 2.75) is 0 Å². The van der Waals surface area contributed by atoms with Gasteiger partial charge in [0.2, 0.25) is 0 Å². The van der Waals surface area contributed by atoms with Crippen LogP contribution in [-0.4, -0.2) is 18.0 Å². The first-order chi connectivity index (χ1) is 10.5. The van der Waals surface area contributed by atoms with Gasteiger partial charge in [-0.1, -0.05) is 28.1 Å². The average Bonchev–Trinajstić information content (AvgIpc) is 2.51. The van der Waals surface area contributed by atoms with E-state index in [-0.39, 0.29) is 0 Å². The van der Waals surface area contributed by atoms with E-state index in [0.29, 0.717) is 5.69 Å². The van der Waals surface area contributed by atoms with Gasteiger partial charge >= 0.3 is 11.8 Å². The van der Waals surface area contributed by atoms with Gasteiger partial charge in [-0.15, -0.1) is 0 Å². The Bertz CT molecular complexity index is 700.